The molecule has 1 aromatic heterocycles. The lowest BCUT2D eigenvalue weighted by Crippen LogP contribution is -2.50. The second kappa shape index (κ2) is 5.49. The SMILES string of the molecule is Cc1ncc(C(N)=O)c(-c2ccc(OC3CNC3)cc2)n1. The number of nitrogens with two attached hydrogens (primary N) is 1. The predicted molar refractivity (Wildman–Crippen MR) is 78.0 cm³/mol. The number of hydrogen-bond donors (Lipinski definition) is 2. The van der Waals surface area contributed by atoms with Crippen molar-refractivity contribution >= 4 is 5.91 Å². The number of aryl methyl sites for hydroxylation is 1. The molecule has 21 heavy (non-hydrogen) atoms. The van der Waals surface area contributed by atoms with Gasteiger partial charge in [-0.15, -0.1) is 0 Å². The molecule has 6 nitrogen and oxygen atoms in total. The molecule has 108 valence electrons. The van der Waals surface area contributed by atoms with Gasteiger partial charge >= 0.3 is 0 Å². The van der Waals surface area contributed by atoms with E-state index in [1.807, 2.05) is 24.3 Å². The summed E-state index contributed by atoms with van der Waals surface area (Å²) in [5.74, 6) is 0.860. The molecule has 0 unspecified atom stereocenters. The minimum Gasteiger partial charge on any atom is -0.488 e. The van der Waals surface area contributed by atoms with Crippen molar-refractivity contribution < 1.29 is 9.53 Å². The molecule has 0 aliphatic carbocycles. The molecule has 6 heteroatoms. The fraction of sp³-hybridized carbons (Fsp3) is 0.267. The molecule has 2 heterocycles. The van der Waals surface area contributed by atoms with E-state index >= 15 is 0 Å². The van der Waals surface area contributed by atoms with Gasteiger partial charge in [0.1, 0.15) is 17.7 Å². The van der Waals surface area contributed by atoms with Gasteiger partial charge in [0, 0.05) is 24.8 Å². The Bertz CT molecular complexity index is 666. The van der Waals surface area contributed by atoms with Crippen molar-refractivity contribution in [3.63, 3.8) is 0 Å². The molecule has 0 saturated carbocycles. The molecule has 0 radical (unpaired) electrons. The third kappa shape index (κ3) is 2.85. The minimum atomic E-state index is -0.536. The Morgan fingerprint density at radius 3 is 2.62 bits per heavy atom. The summed E-state index contributed by atoms with van der Waals surface area (Å²) in [4.78, 5) is 19.8. The van der Waals surface area contributed by atoms with E-state index in [0.717, 1.165) is 24.4 Å². The predicted octanol–water partition coefficient (Wildman–Crippen LogP) is 0.902. The highest BCUT2D eigenvalue weighted by molar-refractivity contribution is 5.98. The van der Waals surface area contributed by atoms with Gasteiger partial charge in [0.25, 0.3) is 5.91 Å². The lowest BCUT2D eigenvalue weighted by Gasteiger charge is -2.27. The maximum Gasteiger partial charge on any atom is 0.252 e. The summed E-state index contributed by atoms with van der Waals surface area (Å²) >= 11 is 0. The van der Waals surface area contributed by atoms with E-state index in [-0.39, 0.29) is 6.10 Å². The summed E-state index contributed by atoms with van der Waals surface area (Å²) in [6.45, 7) is 3.52. The van der Waals surface area contributed by atoms with Crippen LogP contribution < -0.4 is 15.8 Å². The molecule has 1 fully saturated rings. The Labute approximate surface area is 122 Å². The van der Waals surface area contributed by atoms with E-state index in [0.29, 0.717) is 17.1 Å². The summed E-state index contributed by atoms with van der Waals surface area (Å²) in [5.41, 5.74) is 7.05. The molecule has 1 aromatic carbocycles. The number of aromatic nitrogens is 2. The molecule has 1 amide bonds. The number of carbonyl (C=O) groups is 1. The van der Waals surface area contributed by atoms with Crippen LogP contribution in [0.5, 0.6) is 5.75 Å². The number of nitrogens with one attached hydrogen (secondary N) is 1. The van der Waals surface area contributed by atoms with Crippen molar-refractivity contribution in [3.8, 4) is 17.0 Å². The first kappa shape index (κ1) is 13.5. The average molecular weight is 284 g/mol. The Balaban J connectivity index is 1.89. The lowest BCUT2D eigenvalue weighted by atomic mass is 10.1. The second-order valence-electron chi connectivity index (χ2n) is 4.97. The molecule has 1 aliphatic heterocycles. The van der Waals surface area contributed by atoms with E-state index in [4.69, 9.17) is 10.5 Å². The average Bonchev–Trinajstić information content (AvgIpc) is 2.43. The van der Waals surface area contributed by atoms with E-state index in [9.17, 15) is 4.79 Å². The monoisotopic (exact) mass is 284 g/mol. The summed E-state index contributed by atoms with van der Waals surface area (Å²) in [6.07, 6.45) is 1.70. The number of ether oxygens (including phenoxy) is 1. The first-order valence-electron chi connectivity index (χ1n) is 6.75. The van der Waals surface area contributed by atoms with Crippen LogP contribution in [0, 0.1) is 6.92 Å². The van der Waals surface area contributed by atoms with Crippen molar-refractivity contribution in [3.05, 3.63) is 41.9 Å². The number of hydrogen-bond acceptors (Lipinski definition) is 5. The molecule has 1 saturated heterocycles. The van der Waals surface area contributed by atoms with Gasteiger partial charge in [0.15, 0.2) is 0 Å². The van der Waals surface area contributed by atoms with Crippen LogP contribution in [0.4, 0.5) is 0 Å². The molecule has 0 spiro atoms. The molecular weight excluding hydrogens is 268 g/mol. The van der Waals surface area contributed by atoms with Crippen molar-refractivity contribution in [2.45, 2.75) is 13.0 Å². The van der Waals surface area contributed by atoms with Gasteiger partial charge in [0.05, 0.1) is 11.3 Å². The Morgan fingerprint density at radius 2 is 2.05 bits per heavy atom. The van der Waals surface area contributed by atoms with Crippen LogP contribution in [0.15, 0.2) is 30.5 Å². The molecule has 3 rings (SSSR count). The summed E-state index contributed by atoms with van der Waals surface area (Å²) in [5, 5.41) is 3.15. The normalized spacial score (nSPS) is 14.5. The maximum atomic E-state index is 11.5. The van der Waals surface area contributed by atoms with Gasteiger partial charge in [-0.2, -0.15) is 0 Å². The topological polar surface area (TPSA) is 90.1 Å². The zero-order valence-corrected chi connectivity index (χ0v) is 11.7. The van der Waals surface area contributed by atoms with Crippen molar-refractivity contribution in [1.82, 2.24) is 15.3 Å². The van der Waals surface area contributed by atoms with E-state index in [1.165, 1.54) is 6.20 Å². The smallest absolute Gasteiger partial charge is 0.252 e. The van der Waals surface area contributed by atoms with Crippen LogP contribution in [-0.4, -0.2) is 35.1 Å². The van der Waals surface area contributed by atoms with E-state index < -0.39 is 5.91 Å². The number of amides is 1. The largest absolute Gasteiger partial charge is 0.488 e. The molecule has 0 bridgehead atoms. The molecular formula is C15H16N4O2. The van der Waals surface area contributed by atoms with Gasteiger partial charge < -0.3 is 15.8 Å². The standard InChI is InChI=1S/C15H16N4O2/c1-9-18-8-13(15(16)20)14(19-9)10-2-4-11(5-3-10)21-12-6-17-7-12/h2-5,8,12,17H,6-7H2,1H3,(H2,16,20). The van der Waals surface area contributed by atoms with Crippen molar-refractivity contribution in [1.29, 1.82) is 0 Å². The Morgan fingerprint density at radius 1 is 1.33 bits per heavy atom. The fourth-order valence-electron chi connectivity index (χ4n) is 2.10. The van der Waals surface area contributed by atoms with E-state index in [2.05, 4.69) is 15.3 Å². The van der Waals surface area contributed by atoms with Gasteiger partial charge in [0.2, 0.25) is 0 Å². The van der Waals surface area contributed by atoms with Crippen LogP contribution in [0.2, 0.25) is 0 Å². The first-order chi connectivity index (χ1) is 10.1. The number of benzene rings is 1. The lowest BCUT2D eigenvalue weighted by molar-refractivity contribution is 0.1000. The summed E-state index contributed by atoms with van der Waals surface area (Å²) in [7, 11) is 0. The fourth-order valence-corrected chi connectivity index (χ4v) is 2.10. The molecule has 2 aromatic rings. The third-order valence-electron chi connectivity index (χ3n) is 3.35. The minimum absolute atomic E-state index is 0.235. The highest BCUT2D eigenvalue weighted by Gasteiger charge is 2.18. The highest BCUT2D eigenvalue weighted by atomic mass is 16.5. The highest BCUT2D eigenvalue weighted by Crippen LogP contribution is 2.24. The van der Waals surface area contributed by atoms with Crippen LogP contribution >= 0.6 is 0 Å². The van der Waals surface area contributed by atoms with Crippen LogP contribution in [0.1, 0.15) is 16.2 Å². The van der Waals surface area contributed by atoms with Gasteiger partial charge in [-0.05, 0) is 31.2 Å². The molecule has 0 atom stereocenters. The zero-order chi connectivity index (χ0) is 14.8. The Kier molecular flexibility index (Phi) is 3.53. The quantitative estimate of drug-likeness (QED) is 0.870. The van der Waals surface area contributed by atoms with Gasteiger partial charge in [-0.1, -0.05) is 0 Å². The van der Waals surface area contributed by atoms with Crippen LogP contribution in [0.3, 0.4) is 0 Å². The number of nitrogens with zero attached hydrogens (tertiary/aromatic N) is 2. The third-order valence-corrected chi connectivity index (χ3v) is 3.35. The first-order valence-corrected chi connectivity index (χ1v) is 6.75. The molecule has 3 N–H and O–H groups in total. The van der Waals surface area contributed by atoms with Crippen molar-refractivity contribution in [2.24, 2.45) is 5.73 Å². The Hall–Kier alpha value is -2.47. The number of primary amides is 1. The van der Waals surface area contributed by atoms with Crippen LogP contribution in [0.25, 0.3) is 11.3 Å². The van der Waals surface area contributed by atoms with Gasteiger partial charge in [-0.3, -0.25) is 4.79 Å². The van der Waals surface area contributed by atoms with Crippen molar-refractivity contribution in [2.75, 3.05) is 13.1 Å². The summed E-state index contributed by atoms with van der Waals surface area (Å²) in [6, 6.07) is 7.48. The molecule has 1 aliphatic rings. The second-order valence-corrected chi connectivity index (χ2v) is 4.97. The van der Waals surface area contributed by atoms with Gasteiger partial charge in [-0.25, -0.2) is 9.97 Å². The number of carbonyl (C=O) groups excluding carboxylic acids is 1. The van der Waals surface area contributed by atoms with E-state index in [1.54, 1.807) is 6.92 Å². The summed E-state index contributed by atoms with van der Waals surface area (Å²) < 4.78 is 5.76. The zero-order valence-electron chi connectivity index (χ0n) is 11.7. The van der Waals surface area contributed by atoms with Crippen LogP contribution in [-0.2, 0) is 0 Å². The maximum absolute atomic E-state index is 11.5. The number of rotatable bonds is 4.